The molecule has 1 aliphatic heterocycles. The van der Waals surface area contributed by atoms with E-state index in [1.54, 1.807) is 0 Å². The molecule has 0 spiro atoms. The SMILES string of the molecule is CC[C@@H](C)c1ccccc1OCCCn1cc(/C=C2\C(=O)NC(=O)N(c3ccc(F)cc3)C2=O)c2ccccc21. The smallest absolute Gasteiger partial charge is 0.335 e. The lowest BCUT2D eigenvalue weighted by Gasteiger charge is -2.26. The van der Waals surface area contributed by atoms with Crippen molar-refractivity contribution in [1.82, 2.24) is 9.88 Å². The lowest BCUT2D eigenvalue weighted by Crippen LogP contribution is -2.54. The van der Waals surface area contributed by atoms with E-state index in [-0.39, 0.29) is 11.3 Å². The molecule has 3 aromatic carbocycles. The van der Waals surface area contributed by atoms with Crippen LogP contribution in [0.15, 0.2) is 84.6 Å². The first-order valence-electron chi connectivity index (χ1n) is 13.3. The normalized spacial score (nSPS) is 15.5. The third-order valence-electron chi connectivity index (χ3n) is 7.17. The Balaban J connectivity index is 1.37. The first-order valence-corrected chi connectivity index (χ1v) is 13.3. The van der Waals surface area contributed by atoms with E-state index in [4.69, 9.17) is 4.74 Å². The van der Waals surface area contributed by atoms with E-state index in [1.165, 1.54) is 23.8 Å². The minimum absolute atomic E-state index is 0.166. The monoisotopic (exact) mass is 539 g/mol. The molecule has 1 atom stereocenters. The topological polar surface area (TPSA) is 80.6 Å². The van der Waals surface area contributed by atoms with Gasteiger partial charge in [-0.15, -0.1) is 0 Å². The number of urea groups is 1. The summed E-state index contributed by atoms with van der Waals surface area (Å²) < 4.78 is 21.6. The van der Waals surface area contributed by atoms with E-state index in [0.717, 1.165) is 46.5 Å². The molecular formula is C32H30FN3O4. The standard InChI is InChI=1S/C32H30FN3O4/c1-3-21(2)25-9-5-7-12-29(25)40-18-8-17-35-20-22(26-10-4-6-11-28(26)35)19-27-30(37)34-32(39)36(31(27)38)24-15-13-23(33)14-16-24/h4-7,9-16,19-21H,3,8,17-18H2,1-2H3,(H,34,37,39)/b27-19+/t21-/m1/s1. The second-order valence-electron chi connectivity index (χ2n) is 9.78. The van der Waals surface area contributed by atoms with Gasteiger partial charge in [-0.2, -0.15) is 0 Å². The van der Waals surface area contributed by atoms with Gasteiger partial charge in [0.2, 0.25) is 0 Å². The summed E-state index contributed by atoms with van der Waals surface area (Å²) in [6.07, 6.45) is 5.17. The third-order valence-corrected chi connectivity index (χ3v) is 7.17. The molecule has 1 aromatic heterocycles. The summed E-state index contributed by atoms with van der Waals surface area (Å²) in [6, 6.07) is 19.9. The molecule has 2 heterocycles. The van der Waals surface area contributed by atoms with E-state index in [2.05, 4.69) is 29.8 Å². The minimum atomic E-state index is -0.879. The number of fused-ring (bicyclic) bond motifs is 1. The van der Waals surface area contributed by atoms with Crippen LogP contribution in [0.25, 0.3) is 17.0 Å². The summed E-state index contributed by atoms with van der Waals surface area (Å²) in [5.41, 5.74) is 2.81. The molecule has 1 aliphatic rings. The highest BCUT2D eigenvalue weighted by atomic mass is 19.1. The maximum Gasteiger partial charge on any atom is 0.335 e. The first-order chi connectivity index (χ1) is 19.4. The van der Waals surface area contributed by atoms with Crippen LogP contribution in [0, 0.1) is 5.82 Å². The van der Waals surface area contributed by atoms with Crippen LogP contribution in [0.5, 0.6) is 5.75 Å². The molecule has 8 heteroatoms. The number of amides is 4. The Morgan fingerprint density at radius 3 is 2.48 bits per heavy atom. The van der Waals surface area contributed by atoms with Gasteiger partial charge >= 0.3 is 6.03 Å². The van der Waals surface area contributed by atoms with E-state index in [9.17, 15) is 18.8 Å². The minimum Gasteiger partial charge on any atom is -0.493 e. The van der Waals surface area contributed by atoms with Crippen molar-refractivity contribution in [2.75, 3.05) is 11.5 Å². The van der Waals surface area contributed by atoms with Crippen LogP contribution in [-0.4, -0.2) is 29.0 Å². The second-order valence-corrected chi connectivity index (χ2v) is 9.78. The van der Waals surface area contributed by atoms with Gasteiger partial charge in [0.25, 0.3) is 11.8 Å². The number of halogens is 1. The van der Waals surface area contributed by atoms with Gasteiger partial charge in [-0.25, -0.2) is 14.1 Å². The maximum atomic E-state index is 13.4. The van der Waals surface area contributed by atoms with Crippen molar-refractivity contribution in [1.29, 1.82) is 0 Å². The number of para-hydroxylation sites is 2. The number of nitrogens with zero attached hydrogens (tertiary/aromatic N) is 2. The van der Waals surface area contributed by atoms with Gasteiger partial charge in [0.05, 0.1) is 12.3 Å². The van der Waals surface area contributed by atoms with Gasteiger partial charge in [0.1, 0.15) is 17.1 Å². The summed E-state index contributed by atoms with van der Waals surface area (Å²) in [6.45, 7) is 5.55. The molecule has 0 radical (unpaired) electrons. The molecular weight excluding hydrogens is 509 g/mol. The Morgan fingerprint density at radius 2 is 1.70 bits per heavy atom. The summed E-state index contributed by atoms with van der Waals surface area (Å²) in [4.78, 5) is 39.3. The van der Waals surface area contributed by atoms with Gasteiger partial charge < -0.3 is 9.30 Å². The van der Waals surface area contributed by atoms with Crippen LogP contribution >= 0.6 is 0 Å². The number of rotatable bonds is 9. The molecule has 1 saturated heterocycles. The molecule has 5 rings (SSSR count). The Hall–Kier alpha value is -4.72. The Morgan fingerprint density at radius 1 is 0.975 bits per heavy atom. The molecule has 0 bridgehead atoms. The van der Waals surface area contributed by atoms with Crippen molar-refractivity contribution in [2.45, 2.75) is 39.2 Å². The van der Waals surface area contributed by atoms with Gasteiger partial charge in [0, 0.05) is 29.2 Å². The highest BCUT2D eigenvalue weighted by Gasteiger charge is 2.37. The fourth-order valence-corrected chi connectivity index (χ4v) is 4.87. The Bertz CT molecular complexity index is 1610. The number of imide groups is 2. The first kappa shape index (κ1) is 26.9. The van der Waals surface area contributed by atoms with Crippen molar-refractivity contribution in [3.8, 4) is 5.75 Å². The summed E-state index contributed by atoms with van der Waals surface area (Å²) in [7, 11) is 0. The zero-order valence-electron chi connectivity index (χ0n) is 22.4. The second kappa shape index (κ2) is 11.6. The molecule has 0 aliphatic carbocycles. The van der Waals surface area contributed by atoms with Crippen LogP contribution in [0.1, 0.15) is 43.7 Å². The zero-order chi connectivity index (χ0) is 28.2. The number of barbiturate groups is 1. The number of carbonyl (C=O) groups is 3. The van der Waals surface area contributed by atoms with Gasteiger partial charge in [-0.3, -0.25) is 14.9 Å². The zero-order valence-corrected chi connectivity index (χ0v) is 22.4. The van der Waals surface area contributed by atoms with Crippen molar-refractivity contribution in [3.05, 3.63) is 102 Å². The average Bonchev–Trinajstić information content (AvgIpc) is 3.31. The number of hydrogen-bond donors (Lipinski definition) is 1. The van der Waals surface area contributed by atoms with Gasteiger partial charge in [0.15, 0.2) is 0 Å². The average molecular weight is 540 g/mol. The Labute approximate surface area is 231 Å². The molecule has 1 fully saturated rings. The number of benzene rings is 3. The van der Waals surface area contributed by atoms with Crippen molar-refractivity contribution >= 4 is 40.5 Å². The largest absolute Gasteiger partial charge is 0.493 e. The highest BCUT2D eigenvalue weighted by Crippen LogP contribution is 2.29. The van der Waals surface area contributed by atoms with Crippen LogP contribution in [0.2, 0.25) is 0 Å². The van der Waals surface area contributed by atoms with E-state index in [1.807, 2.05) is 48.7 Å². The summed E-state index contributed by atoms with van der Waals surface area (Å²) in [5, 5.41) is 3.08. The number of ether oxygens (including phenoxy) is 1. The molecule has 4 aromatic rings. The van der Waals surface area contributed by atoms with E-state index < -0.39 is 23.7 Å². The molecule has 0 saturated carbocycles. The van der Waals surface area contributed by atoms with E-state index in [0.29, 0.717) is 24.6 Å². The quantitative estimate of drug-likeness (QED) is 0.151. The number of hydrogen-bond acceptors (Lipinski definition) is 4. The van der Waals surface area contributed by atoms with Crippen molar-refractivity contribution < 1.29 is 23.5 Å². The number of aromatic nitrogens is 1. The lowest BCUT2D eigenvalue weighted by molar-refractivity contribution is -0.122. The summed E-state index contributed by atoms with van der Waals surface area (Å²) in [5.74, 6) is -0.738. The number of aryl methyl sites for hydroxylation is 1. The fraction of sp³-hybridized carbons (Fsp3) is 0.219. The van der Waals surface area contributed by atoms with Crippen LogP contribution in [0.4, 0.5) is 14.9 Å². The van der Waals surface area contributed by atoms with Crippen LogP contribution < -0.4 is 15.0 Å². The predicted octanol–water partition coefficient (Wildman–Crippen LogP) is 6.43. The van der Waals surface area contributed by atoms with E-state index >= 15 is 0 Å². The van der Waals surface area contributed by atoms with Gasteiger partial charge in [-0.05, 0) is 66.8 Å². The van der Waals surface area contributed by atoms with Crippen molar-refractivity contribution in [3.63, 3.8) is 0 Å². The fourth-order valence-electron chi connectivity index (χ4n) is 4.87. The van der Waals surface area contributed by atoms with Crippen LogP contribution in [-0.2, 0) is 16.1 Å². The predicted molar refractivity (Wildman–Crippen MR) is 153 cm³/mol. The summed E-state index contributed by atoms with van der Waals surface area (Å²) >= 11 is 0. The number of anilines is 1. The number of carbonyl (C=O) groups excluding carboxylic acids is 3. The molecule has 7 nitrogen and oxygen atoms in total. The van der Waals surface area contributed by atoms with Gasteiger partial charge in [-0.1, -0.05) is 50.2 Å². The molecule has 40 heavy (non-hydrogen) atoms. The molecule has 1 N–H and O–H groups in total. The lowest BCUT2D eigenvalue weighted by atomic mass is 9.98. The number of nitrogens with one attached hydrogen (secondary N) is 1. The Kier molecular flexibility index (Phi) is 7.77. The molecule has 204 valence electrons. The molecule has 4 amide bonds. The third kappa shape index (κ3) is 5.38. The molecule has 0 unspecified atom stereocenters. The highest BCUT2D eigenvalue weighted by molar-refractivity contribution is 6.39. The van der Waals surface area contributed by atoms with Crippen LogP contribution in [0.3, 0.4) is 0 Å². The maximum absolute atomic E-state index is 13.4. The van der Waals surface area contributed by atoms with Crippen molar-refractivity contribution in [2.24, 2.45) is 0 Å².